The van der Waals surface area contributed by atoms with E-state index in [1.54, 1.807) is 0 Å². The SMILES string of the molecule is CC(C)OC[Si](Nc1ccccc1)c1ccccc1. The number of nitrogens with one attached hydrogen (secondary N) is 1. The lowest BCUT2D eigenvalue weighted by atomic mass is 10.3. The maximum absolute atomic E-state index is 5.81. The zero-order chi connectivity index (χ0) is 13.5. The molecule has 99 valence electrons. The van der Waals surface area contributed by atoms with E-state index in [9.17, 15) is 0 Å². The lowest BCUT2D eigenvalue weighted by Gasteiger charge is -2.19. The van der Waals surface area contributed by atoms with Gasteiger partial charge in [0.15, 0.2) is 0 Å². The Hall–Kier alpha value is -1.58. The van der Waals surface area contributed by atoms with Gasteiger partial charge in [0.1, 0.15) is 0 Å². The first kappa shape index (κ1) is 13.8. The molecule has 0 spiro atoms. The van der Waals surface area contributed by atoms with Gasteiger partial charge in [-0.05, 0) is 31.2 Å². The summed E-state index contributed by atoms with van der Waals surface area (Å²) in [7, 11) is -0.942. The van der Waals surface area contributed by atoms with Crippen LogP contribution in [0.5, 0.6) is 0 Å². The molecule has 0 heterocycles. The first-order valence-electron chi connectivity index (χ1n) is 6.60. The summed E-state index contributed by atoms with van der Waals surface area (Å²) in [5.74, 6) is 0. The van der Waals surface area contributed by atoms with Crippen molar-refractivity contribution in [2.24, 2.45) is 0 Å². The highest BCUT2D eigenvalue weighted by Gasteiger charge is 2.16. The summed E-state index contributed by atoms with van der Waals surface area (Å²) in [6.07, 6.45) is 1.03. The number of ether oxygens (including phenoxy) is 1. The van der Waals surface area contributed by atoms with Gasteiger partial charge in [0.25, 0.3) is 0 Å². The van der Waals surface area contributed by atoms with Gasteiger partial charge >= 0.3 is 0 Å². The van der Waals surface area contributed by atoms with Crippen molar-refractivity contribution in [1.82, 2.24) is 0 Å². The molecule has 0 aliphatic carbocycles. The molecule has 0 aliphatic heterocycles. The Balaban J connectivity index is 2.10. The van der Waals surface area contributed by atoms with Crippen LogP contribution < -0.4 is 10.2 Å². The van der Waals surface area contributed by atoms with Crippen LogP contribution in [-0.2, 0) is 4.74 Å². The predicted octanol–water partition coefficient (Wildman–Crippen LogP) is 2.96. The summed E-state index contributed by atoms with van der Waals surface area (Å²) in [6.45, 7) is 4.15. The second-order valence-electron chi connectivity index (χ2n) is 4.70. The van der Waals surface area contributed by atoms with E-state index in [4.69, 9.17) is 4.74 Å². The van der Waals surface area contributed by atoms with Crippen LogP contribution in [0.1, 0.15) is 13.8 Å². The first-order chi connectivity index (χ1) is 9.25. The van der Waals surface area contributed by atoms with Crippen LogP contribution in [-0.4, -0.2) is 21.3 Å². The Morgan fingerprint density at radius 3 is 2.11 bits per heavy atom. The van der Waals surface area contributed by atoms with Crippen molar-refractivity contribution in [3.05, 3.63) is 60.7 Å². The molecule has 2 aromatic rings. The molecule has 1 radical (unpaired) electrons. The predicted molar refractivity (Wildman–Crippen MR) is 83.0 cm³/mol. The fourth-order valence-electron chi connectivity index (χ4n) is 1.78. The Labute approximate surface area is 117 Å². The van der Waals surface area contributed by atoms with E-state index in [2.05, 4.69) is 73.4 Å². The number of rotatable bonds is 6. The molecule has 1 N–H and O–H groups in total. The Morgan fingerprint density at radius 2 is 1.53 bits per heavy atom. The van der Waals surface area contributed by atoms with Crippen LogP contribution >= 0.6 is 0 Å². The molecule has 0 bridgehead atoms. The van der Waals surface area contributed by atoms with Crippen molar-refractivity contribution in [3.8, 4) is 0 Å². The van der Waals surface area contributed by atoms with Crippen LogP contribution in [0.3, 0.4) is 0 Å². The lowest BCUT2D eigenvalue weighted by molar-refractivity contribution is 0.114. The average Bonchev–Trinajstić information content (AvgIpc) is 2.45. The number of hydrogen-bond acceptors (Lipinski definition) is 2. The molecule has 2 aromatic carbocycles. The summed E-state index contributed by atoms with van der Waals surface area (Å²) in [5.41, 5.74) is 1.16. The Morgan fingerprint density at radius 1 is 0.947 bits per heavy atom. The van der Waals surface area contributed by atoms with Crippen molar-refractivity contribution >= 4 is 19.8 Å². The molecule has 0 aliphatic rings. The second-order valence-corrected chi connectivity index (χ2v) is 6.77. The van der Waals surface area contributed by atoms with Crippen LogP contribution in [0, 0.1) is 0 Å². The van der Waals surface area contributed by atoms with Crippen molar-refractivity contribution in [1.29, 1.82) is 0 Å². The van der Waals surface area contributed by atoms with Gasteiger partial charge in [0, 0.05) is 5.69 Å². The molecule has 0 unspecified atom stereocenters. The normalized spacial score (nSPS) is 10.9. The molecule has 0 saturated heterocycles. The van der Waals surface area contributed by atoms with Crippen molar-refractivity contribution in [3.63, 3.8) is 0 Å². The Kier molecular flexibility index (Phi) is 5.18. The monoisotopic (exact) mass is 270 g/mol. The van der Waals surface area contributed by atoms with Crippen molar-refractivity contribution in [2.75, 3.05) is 11.2 Å². The van der Waals surface area contributed by atoms with Gasteiger partial charge in [-0.2, -0.15) is 0 Å². The standard InChI is InChI=1S/C16H20NOSi/c1-14(2)18-13-19(16-11-7-4-8-12-16)17-15-9-5-3-6-10-15/h3-12,14,17H,13H2,1-2H3. The number of hydrogen-bond donors (Lipinski definition) is 1. The number of benzene rings is 2. The van der Waals surface area contributed by atoms with Crippen LogP contribution in [0.4, 0.5) is 5.69 Å². The van der Waals surface area contributed by atoms with E-state index in [1.165, 1.54) is 5.19 Å². The van der Waals surface area contributed by atoms with Gasteiger partial charge in [-0.15, -0.1) is 0 Å². The first-order valence-corrected chi connectivity index (χ1v) is 8.31. The minimum absolute atomic E-state index is 0.265. The second kappa shape index (κ2) is 7.12. The quantitative estimate of drug-likeness (QED) is 0.815. The number of para-hydroxylation sites is 1. The minimum Gasteiger partial charge on any atom is -0.406 e. The fourth-order valence-corrected chi connectivity index (χ4v) is 3.77. The van der Waals surface area contributed by atoms with Gasteiger partial charge in [0.05, 0.1) is 12.3 Å². The van der Waals surface area contributed by atoms with Gasteiger partial charge in [-0.3, -0.25) is 0 Å². The summed E-state index contributed by atoms with van der Waals surface area (Å²) in [4.78, 5) is 3.63. The molecule has 19 heavy (non-hydrogen) atoms. The maximum atomic E-state index is 5.81. The van der Waals surface area contributed by atoms with E-state index in [0.29, 0.717) is 0 Å². The van der Waals surface area contributed by atoms with Crippen LogP contribution in [0.25, 0.3) is 0 Å². The van der Waals surface area contributed by atoms with E-state index in [1.807, 2.05) is 6.07 Å². The molecule has 0 amide bonds. The van der Waals surface area contributed by atoms with Gasteiger partial charge in [-0.25, -0.2) is 0 Å². The van der Waals surface area contributed by atoms with Crippen LogP contribution in [0.15, 0.2) is 60.7 Å². The molecule has 0 saturated carbocycles. The summed E-state index contributed by atoms with van der Waals surface area (Å²) in [5, 5.41) is 1.34. The molecular weight excluding hydrogens is 250 g/mol. The highest BCUT2D eigenvalue weighted by atomic mass is 28.3. The van der Waals surface area contributed by atoms with Gasteiger partial charge in [-0.1, -0.05) is 48.5 Å². The lowest BCUT2D eigenvalue weighted by Crippen LogP contribution is -2.43. The molecule has 0 fully saturated rings. The summed E-state index contributed by atoms with van der Waals surface area (Å²) >= 11 is 0. The van der Waals surface area contributed by atoms with E-state index in [0.717, 1.165) is 11.9 Å². The molecule has 2 nitrogen and oxygen atoms in total. The molecule has 3 heteroatoms. The zero-order valence-electron chi connectivity index (χ0n) is 11.5. The van der Waals surface area contributed by atoms with E-state index >= 15 is 0 Å². The van der Waals surface area contributed by atoms with E-state index < -0.39 is 8.96 Å². The van der Waals surface area contributed by atoms with E-state index in [-0.39, 0.29) is 6.10 Å². The average molecular weight is 270 g/mol. The third-order valence-corrected chi connectivity index (χ3v) is 4.83. The zero-order valence-corrected chi connectivity index (χ0v) is 12.5. The van der Waals surface area contributed by atoms with Gasteiger partial charge in [0.2, 0.25) is 8.96 Å². The minimum atomic E-state index is -0.942. The number of anilines is 1. The molecule has 0 atom stereocenters. The summed E-state index contributed by atoms with van der Waals surface area (Å²) < 4.78 is 5.81. The highest BCUT2D eigenvalue weighted by molar-refractivity contribution is 6.76. The highest BCUT2D eigenvalue weighted by Crippen LogP contribution is 2.06. The topological polar surface area (TPSA) is 21.3 Å². The third-order valence-electron chi connectivity index (χ3n) is 2.75. The van der Waals surface area contributed by atoms with Crippen LogP contribution in [0.2, 0.25) is 0 Å². The smallest absolute Gasteiger partial charge is 0.230 e. The van der Waals surface area contributed by atoms with Crippen molar-refractivity contribution < 1.29 is 4.74 Å². The van der Waals surface area contributed by atoms with Crippen molar-refractivity contribution in [2.45, 2.75) is 20.0 Å². The molecule has 2 rings (SSSR count). The fraction of sp³-hybridized carbons (Fsp3) is 0.250. The molecule has 0 aromatic heterocycles. The summed E-state index contributed by atoms with van der Waals surface area (Å²) in [6, 6.07) is 20.9. The molecular formula is C16H20NOSi. The largest absolute Gasteiger partial charge is 0.406 e. The maximum Gasteiger partial charge on any atom is 0.230 e. The Bertz CT molecular complexity index is 473. The third kappa shape index (κ3) is 4.54. The van der Waals surface area contributed by atoms with Gasteiger partial charge < -0.3 is 9.72 Å².